The molecule has 0 aromatic heterocycles. The lowest BCUT2D eigenvalue weighted by Crippen LogP contribution is -2.66. The molecule has 0 heterocycles. The summed E-state index contributed by atoms with van der Waals surface area (Å²) >= 11 is 0. The van der Waals surface area contributed by atoms with Crippen molar-refractivity contribution in [2.24, 2.45) is 0 Å². The van der Waals surface area contributed by atoms with Crippen molar-refractivity contribution in [2.75, 3.05) is 0 Å². The molecule has 206 valence electrons. The van der Waals surface area contributed by atoms with Gasteiger partial charge >= 0.3 is 17.6 Å². The van der Waals surface area contributed by atoms with Crippen LogP contribution in [-0.4, -0.2) is 54.2 Å². The highest BCUT2D eigenvalue weighted by Gasteiger charge is 2.66. The SMILES string of the molecule is CCC(C)O[Si](OC(C)CC)(OC(C)CC)C(C)[Si](OC(C)CC)(OC(C)CC)OC(C)CC. The summed E-state index contributed by atoms with van der Waals surface area (Å²) in [6, 6.07) is 0. The third-order valence-corrected chi connectivity index (χ3v) is 15.3. The van der Waals surface area contributed by atoms with Gasteiger partial charge in [0.15, 0.2) is 0 Å². The van der Waals surface area contributed by atoms with E-state index in [1.165, 1.54) is 0 Å². The van der Waals surface area contributed by atoms with Gasteiger partial charge in [-0.2, -0.15) is 0 Å². The van der Waals surface area contributed by atoms with E-state index in [1.807, 2.05) is 0 Å². The molecule has 6 atom stereocenters. The zero-order chi connectivity index (χ0) is 26.5. The number of rotatable bonds is 20. The fourth-order valence-electron chi connectivity index (χ4n) is 3.18. The van der Waals surface area contributed by atoms with Gasteiger partial charge in [-0.05, 0) is 80.1 Å². The third kappa shape index (κ3) is 10.7. The average Bonchev–Trinajstić information content (AvgIpc) is 2.82. The van der Waals surface area contributed by atoms with Gasteiger partial charge in [0.05, 0.1) is 5.16 Å². The van der Waals surface area contributed by atoms with Crippen molar-refractivity contribution in [3.8, 4) is 0 Å². The Morgan fingerprint density at radius 2 is 0.500 bits per heavy atom. The summed E-state index contributed by atoms with van der Waals surface area (Å²) in [4.78, 5) is 0. The molecule has 0 aromatic rings. The molecule has 0 aliphatic carbocycles. The molecule has 0 bridgehead atoms. The molecule has 6 unspecified atom stereocenters. The van der Waals surface area contributed by atoms with Crippen LogP contribution in [-0.2, 0) is 26.6 Å². The minimum absolute atomic E-state index is 0.00951. The van der Waals surface area contributed by atoms with Crippen molar-refractivity contribution >= 4 is 17.6 Å². The van der Waals surface area contributed by atoms with Crippen molar-refractivity contribution < 1.29 is 26.6 Å². The minimum Gasteiger partial charge on any atom is -0.371 e. The van der Waals surface area contributed by atoms with E-state index in [-0.39, 0.29) is 41.8 Å². The van der Waals surface area contributed by atoms with Crippen LogP contribution in [0.2, 0.25) is 5.16 Å². The molecule has 0 radical (unpaired) electrons. The van der Waals surface area contributed by atoms with Gasteiger partial charge in [0.1, 0.15) is 0 Å². The van der Waals surface area contributed by atoms with Gasteiger partial charge < -0.3 is 26.6 Å². The van der Waals surface area contributed by atoms with E-state index < -0.39 is 17.6 Å². The van der Waals surface area contributed by atoms with Crippen molar-refractivity contribution in [1.82, 2.24) is 0 Å². The second kappa shape index (κ2) is 16.8. The van der Waals surface area contributed by atoms with E-state index in [0.29, 0.717) is 0 Å². The molecule has 0 saturated heterocycles. The van der Waals surface area contributed by atoms with Gasteiger partial charge in [-0.25, -0.2) is 0 Å². The molecule has 0 amide bonds. The first-order valence-electron chi connectivity index (χ1n) is 13.9. The summed E-state index contributed by atoms with van der Waals surface area (Å²) in [5.74, 6) is 0. The van der Waals surface area contributed by atoms with Gasteiger partial charge in [-0.3, -0.25) is 0 Å². The molecule has 0 aliphatic rings. The first-order chi connectivity index (χ1) is 15.9. The Kier molecular flexibility index (Phi) is 16.9. The second-order valence-corrected chi connectivity index (χ2v) is 16.1. The Morgan fingerprint density at radius 3 is 0.618 bits per heavy atom. The van der Waals surface area contributed by atoms with Crippen molar-refractivity contribution in [3.05, 3.63) is 0 Å². The fourth-order valence-corrected chi connectivity index (χ4v) is 12.1. The van der Waals surface area contributed by atoms with Crippen LogP contribution in [0, 0.1) is 0 Å². The molecule has 0 aliphatic heterocycles. The largest absolute Gasteiger partial charge is 0.509 e. The Hall–Kier alpha value is 0.194. The van der Waals surface area contributed by atoms with Gasteiger partial charge in [-0.1, -0.05) is 48.5 Å². The number of hydrogen-bond donors (Lipinski definition) is 0. The van der Waals surface area contributed by atoms with Crippen LogP contribution in [0.1, 0.15) is 129 Å². The first-order valence-corrected chi connectivity index (χ1v) is 17.6. The van der Waals surface area contributed by atoms with Crippen molar-refractivity contribution in [1.29, 1.82) is 0 Å². The zero-order valence-electron chi connectivity index (χ0n) is 24.7. The van der Waals surface area contributed by atoms with E-state index >= 15 is 0 Å². The minimum atomic E-state index is -3.34. The van der Waals surface area contributed by atoms with Gasteiger partial charge in [0, 0.05) is 36.6 Å². The summed E-state index contributed by atoms with van der Waals surface area (Å²) < 4.78 is 41.0. The van der Waals surface area contributed by atoms with E-state index in [9.17, 15) is 0 Å². The highest BCUT2D eigenvalue weighted by atomic mass is 28.5. The molecular formula is C26H58O6Si2. The van der Waals surface area contributed by atoms with Crippen LogP contribution >= 0.6 is 0 Å². The predicted octanol–water partition coefficient (Wildman–Crippen LogP) is 7.68. The summed E-state index contributed by atoms with van der Waals surface area (Å²) in [6.45, 7) is 27.5. The second-order valence-electron chi connectivity index (χ2n) is 9.95. The van der Waals surface area contributed by atoms with Crippen LogP contribution in [0.4, 0.5) is 0 Å². The molecule has 0 rings (SSSR count). The molecular weight excluding hydrogens is 464 g/mol. The van der Waals surface area contributed by atoms with Gasteiger partial charge in [-0.15, -0.1) is 0 Å². The lowest BCUT2D eigenvalue weighted by Gasteiger charge is -2.46. The zero-order valence-corrected chi connectivity index (χ0v) is 26.7. The molecule has 0 saturated carbocycles. The molecule has 0 N–H and O–H groups in total. The lowest BCUT2D eigenvalue weighted by atomic mass is 10.3. The highest BCUT2D eigenvalue weighted by molar-refractivity contribution is 6.82. The molecule has 0 aromatic carbocycles. The van der Waals surface area contributed by atoms with E-state index in [4.69, 9.17) is 26.6 Å². The average molecular weight is 523 g/mol. The highest BCUT2D eigenvalue weighted by Crippen LogP contribution is 2.41. The van der Waals surface area contributed by atoms with Crippen molar-refractivity contribution in [2.45, 2.75) is 170 Å². The molecule has 0 spiro atoms. The monoisotopic (exact) mass is 522 g/mol. The van der Waals surface area contributed by atoms with Crippen LogP contribution in [0.3, 0.4) is 0 Å². The smallest absolute Gasteiger partial charge is 0.371 e. The van der Waals surface area contributed by atoms with E-state index in [0.717, 1.165) is 38.5 Å². The Balaban J connectivity index is 6.94. The van der Waals surface area contributed by atoms with Crippen LogP contribution in [0.5, 0.6) is 0 Å². The van der Waals surface area contributed by atoms with Crippen LogP contribution in [0.15, 0.2) is 0 Å². The third-order valence-electron chi connectivity index (χ3n) is 6.70. The predicted molar refractivity (Wildman–Crippen MR) is 146 cm³/mol. The van der Waals surface area contributed by atoms with E-state index in [1.54, 1.807) is 0 Å². The summed E-state index contributed by atoms with van der Waals surface area (Å²) in [5.41, 5.74) is 0. The standard InChI is InChI=1S/C26H58O6Si2/c1-14-20(7)27-33(28-21(8)15-2,29-22(9)16-3)26(13)34(30-23(10)17-4,31-24(11)18-5)32-25(12)19-6/h20-26H,14-19H2,1-13H3. The van der Waals surface area contributed by atoms with Gasteiger partial charge in [0.25, 0.3) is 0 Å². The Bertz CT molecular complexity index is 417. The van der Waals surface area contributed by atoms with Gasteiger partial charge in [0.2, 0.25) is 0 Å². The molecule has 8 heteroatoms. The normalized spacial score (nSPS) is 22.1. The quantitative estimate of drug-likeness (QED) is 0.153. The fraction of sp³-hybridized carbons (Fsp3) is 1.00. The molecule has 6 nitrogen and oxygen atoms in total. The molecule has 0 fully saturated rings. The van der Waals surface area contributed by atoms with Crippen molar-refractivity contribution in [3.63, 3.8) is 0 Å². The van der Waals surface area contributed by atoms with Crippen LogP contribution in [0.25, 0.3) is 0 Å². The first kappa shape index (κ1) is 34.2. The number of hydrogen-bond acceptors (Lipinski definition) is 6. The summed E-state index contributed by atoms with van der Waals surface area (Å²) in [6.07, 6.45) is 5.16. The lowest BCUT2D eigenvalue weighted by molar-refractivity contribution is -0.0407. The molecule has 34 heavy (non-hydrogen) atoms. The maximum absolute atomic E-state index is 6.83. The Morgan fingerprint density at radius 1 is 0.353 bits per heavy atom. The topological polar surface area (TPSA) is 55.4 Å². The maximum Gasteiger partial charge on any atom is 0.509 e. The van der Waals surface area contributed by atoms with Crippen LogP contribution < -0.4 is 0 Å². The summed E-state index contributed by atoms with van der Waals surface area (Å²) in [7, 11) is -6.68. The maximum atomic E-state index is 6.83. The Labute approximate surface area is 214 Å². The van der Waals surface area contributed by atoms with E-state index in [2.05, 4.69) is 90.0 Å². The summed E-state index contributed by atoms with van der Waals surface area (Å²) in [5, 5.41) is -0.269.